The fourth-order valence-corrected chi connectivity index (χ4v) is 4.02. The average molecular weight is 249 g/mol. The second-order valence-corrected chi connectivity index (χ2v) is 6.55. The molecule has 0 aliphatic heterocycles. The lowest BCUT2D eigenvalue weighted by atomic mass is 10.4. The molecule has 0 atom stereocenters. The van der Waals surface area contributed by atoms with Gasteiger partial charge in [0.1, 0.15) is 4.75 Å². The van der Waals surface area contributed by atoms with Crippen molar-refractivity contribution in [2.45, 2.75) is 21.8 Å². The molecule has 1 aliphatic rings. The van der Waals surface area contributed by atoms with E-state index < -0.39 is 0 Å². The fraction of sp³-hybridized carbons (Fsp3) is 0.444. The molecule has 1 aromatic heterocycles. The molecule has 1 saturated carbocycles. The van der Waals surface area contributed by atoms with Crippen molar-refractivity contribution in [2.24, 2.45) is 0 Å². The molecule has 0 amide bonds. The third-order valence-corrected chi connectivity index (χ3v) is 4.93. The second kappa shape index (κ2) is 3.76. The summed E-state index contributed by atoms with van der Waals surface area (Å²) in [5.74, 6) is -0.118. The molecule has 0 saturated heterocycles. The molecule has 1 aromatic rings. The van der Waals surface area contributed by atoms with E-state index in [9.17, 15) is 4.79 Å². The lowest BCUT2D eigenvalue weighted by Gasteiger charge is -2.09. The first-order valence-electron chi connectivity index (χ1n) is 4.19. The van der Waals surface area contributed by atoms with Gasteiger partial charge >= 0.3 is 5.97 Å². The summed E-state index contributed by atoms with van der Waals surface area (Å²) in [4.78, 5) is 11.4. The van der Waals surface area contributed by atoms with Gasteiger partial charge in [-0.1, -0.05) is 23.4 Å². The van der Waals surface area contributed by atoms with Crippen molar-refractivity contribution in [1.82, 2.24) is 0 Å². The maximum absolute atomic E-state index is 11.4. The van der Waals surface area contributed by atoms with E-state index in [1.165, 1.54) is 18.4 Å². The van der Waals surface area contributed by atoms with Crippen LogP contribution in [0.1, 0.15) is 12.8 Å². The highest BCUT2D eigenvalue weighted by molar-refractivity contribution is 8.03. The Hall–Kier alpha value is -0.190. The minimum atomic E-state index is -0.317. The molecule has 76 valence electrons. The zero-order chi connectivity index (χ0) is 10.2. The topological polar surface area (TPSA) is 26.3 Å². The van der Waals surface area contributed by atoms with Crippen molar-refractivity contribution in [3.63, 3.8) is 0 Å². The highest BCUT2D eigenvalue weighted by Crippen LogP contribution is 2.54. The summed E-state index contributed by atoms with van der Waals surface area (Å²) in [6, 6.07) is 3.79. The van der Waals surface area contributed by atoms with E-state index >= 15 is 0 Å². The Kier molecular flexibility index (Phi) is 2.77. The van der Waals surface area contributed by atoms with Gasteiger partial charge in [0.15, 0.2) is 0 Å². The zero-order valence-corrected chi connectivity index (χ0v) is 9.97. The van der Waals surface area contributed by atoms with E-state index in [4.69, 9.17) is 16.3 Å². The van der Waals surface area contributed by atoms with Crippen molar-refractivity contribution < 1.29 is 9.53 Å². The summed E-state index contributed by atoms with van der Waals surface area (Å²) in [5, 5.41) is 0. The van der Waals surface area contributed by atoms with Crippen molar-refractivity contribution in [3.05, 3.63) is 16.5 Å². The number of halogens is 1. The Bertz CT molecular complexity index is 357. The number of rotatable bonds is 3. The van der Waals surface area contributed by atoms with Crippen molar-refractivity contribution in [1.29, 1.82) is 0 Å². The number of hydrogen-bond acceptors (Lipinski definition) is 4. The zero-order valence-electron chi connectivity index (χ0n) is 7.58. The number of thioether (sulfide) groups is 1. The van der Waals surface area contributed by atoms with Crippen molar-refractivity contribution >= 4 is 40.7 Å². The molecule has 0 aromatic carbocycles. The maximum Gasteiger partial charge on any atom is 0.322 e. The highest BCUT2D eigenvalue weighted by atomic mass is 35.5. The molecule has 1 fully saturated rings. The van der Waals surface area contributed by atoms with Crippen molar-refractivity contribution in [2.75, 3.05) is 7.11 Å². The molecule has 0 radical (unpaired) electrons. The minimum absolute atomic E-state index is 0.118. The first-order chi connectivity index (χ1) is 6.66. The van der Waals surface area contributed by atoms with E-state index in [0.29, 0.717) is 0 Å². The summed E-state index contributed by atoms with van der Waals surface area (Å²) in [7, 11) is 1.43. The molecule has 0 spiro atoms. The normalized spacial score (nSPS) is 17.9. The second-order valence-electron chi connectivity index (χ2n) is 3.15. The number of methoxy groups -OCH3 is 1. The SMILES string of the molecule is COC(=O)C1(Sc2ccc(Cl)s2)CC1. The average Bonchev–Trinajstić information content (AvgIpc) is 2.84. The first-order valence-corrected chi connectivity index (χ1v) is 6.20. The van der Waals surface area contributed by atoms with Crippen LogP contribution in [-0.2, 0) is 9.53 Å². The van der Waals surface area contributed by atoms with E-state index in [0.717, 1.165) is 21.4 Å². The van der Waals surface area contributed by atoms with Gasteiger partial charge in [-0.15, -0.1) is 11.3 Å². The number of ether oxygens (including phenoxy) is 1. The van der Waals surface area contributed by atoms with Crippen LogP contribution in [0.3, 0.4) is 0 Å². The standard InChI is InChI=1S/C9H9ClO2S2/c1-12-8(11)9(4-5-9)14-7-3-2-6(10)13-7/h2-3H,4-5H2,1H3. The molecule has 0 unspecified atom stereocenters. The van der Waals surface area contributed by atoms with Crippen LogP contribution >= 0.6 is 34.7 Å². The van der Waals surface area contributed by atoms with Gasteiger partial charge in [-0.3, -0.25) is 4.79 Å². The smallest absolute Gasteiger partial charge is 0.322 e. The number of carbonyl (C=O) groups is 1. The van der Waals surface area contributed by atoms with E-state index in [2.05, 4.69) is 0 Å². The van der Waals surface area contributed by atoms with Gasteiger partial charge in [-0.2, -0.15) is 0 Å². The Morgan fingerprint density at radius 2 is 2.36 bits per heavy atom. The highest BCUT2D eigenvalue weighted by Gasteiger charge is 2.52. The van der Waals surface area contributed by atoms with Crippen LogP contribution in [0.2, 0.25) is 4.34 Å². The molecule has 0 N–H and O–H groups in total. The van der Waals surface area contributed by atoms with Crippen LogP contribution in [0.5, 0.6) is 0 Å². The Morgan fingerprint density at radius 1 is 1.64 bits per heavy atom. The summed E-state index contributed by atoms with van der Waals surface area (Å²) in [6.45, 7) is 0. The van der Waals surface area contributed by atoms with E-state index in [-0.39, 0.29) is 10.7 Å². The van der Waals surface area contributed by atoms with Crippen LogP contribution in [0, 0.1) is 0 Å². The number of carbonyl (C=O) groups excluding carboxylic acids is 1. The molecule has 2 nitrogen and oxygen atoms in total. The van der Waals surface area contributed by atoms with Gasteiger partial charge in [0, 0.05) is 0 Å². The van der Waals surface area contributed by atoms with Crippen LogP contribution in [-0.4, -0.2) is 17.8 Å². The summed E-state index contributed by atoms with van der Waals surface area (Å²) in [5.41, 5.74) is 0. The lowest BCUT2D eigenvalue weighted by molar-refractivity contribution is -0.140. The lowest BCUT2D eigenvalue weighted by Crippen LogP contribution is -2.19. The van der Waals surface area contributed by atoms with Gasteiger partial charge in [0.2, 0.25) is 0 Å². The summed E-state index contributed by atoms with van der Waals surface area (Å²) < 4.78 is 6.29. The van der Waals surface area contributed by atoms with E-state index in [1.54, 1.807) is 11.8 Å². The number of esters is 1. The third kappa shape index (κ3) is 1.92. The molecule has 2 rings (SSSR count). The van der Waals surface area contributed by atoms with Gasteiger partial charge in [-0.25, -0.2) is 0 Å². The molecule has 14 heavy (non-hydrogen) atoms. The van der Waals surface area contributed by atoms with Gasteiger partial charge < -0.3 is 4.74 Å². The monoisotopic (exact) mass is 248 g/mol. The van der Waals surface area contributed by atoms with Crippen LogP contribution in [0.15, 0.2) is 16.3 Å². The Labute approximate surface area is 95.6 Å². The summed E-state index contributed by atoms with van der Waals surface area (Å²) in [6.07, 6.45) is 1.81. The number of hydrogen-bond donors (Lipinski definition) is 0. The van der Waals surface area contributed by atoms with Gasteiger partial charge in [0.05, 0.1) is 15.7 Å². The fourth-order valence-electron chi connectivity index (χ4n) is 1.19. The predicted molar refractivity (Wildman–Crippen MR) is 59.2 cm³/mol. The molecule has 5 heteroatoms. The summed E-state index contributed by atoms with van der Waals surface area (Å²) >= 11 is 8.89. The Balaban J connectivity index is 2.07. The van der Waals surface area contributed by atoms with Crippen molar-refractivity contribution in [3.8, 4) is 0 Å². The molecule has 0 bridgehead atoms. The minimum Gasteiger partial charge on any atom is -0.468 e. The molecular formula is C9H9ClO2S2. The van der Waals surface area contributed by atoms with Gasteiger partial charge in [-0.05, 0) is 25.0 Å². The predicted octanol–water partition coefficient (Wildman–Crippen LogP) is 3.20. The molecule has 1 heterocycles. The molecular weight excluding hydrogens is 240 g/mol. The largest absolute Gasteiger partial charge is 0.468 e. The Morgan fingerprint density at radius 3 is 2.79 bits per heavy atom. The third-order valence-electron chi connectivity index (χ3n) is 2.11. The molecule has 1 aliphatic carbocycles. The maximum atomic E-state index is 11.4. The van der Waals surface area contributed by atoms with Crippen LogP contribution in [0.4, 0.5) is 0 Å². The van der Waals surface area contributed by atoms with E-state index in [1.807, 2.05) is 12.1 Å². The number of thiophene rings is 1. The van der Waals surface area contributed by atoms with Crippen LogP contribution in [0.25, 0.3) is 0 Å². The van der Waals surface area contributed by atoms with Crippen LogP contribution < -0.4 is 0 Å². The van der Waals surface area contributed by atoms with Gasteiger partial charge in [0.25, 0.3) is 0 Å². The first kappa shape index (κ1) is 10.3. The quantitative estimate of drug-likeness (QED) is 0.769.